The van der Waals surface area contributed by atoms with E-state index in [1.165, 1.54) is 41.6 Å². The van der Waals surface area contributed by atoms with Crippen LogP contribution in [0.3, 0.4) is 0 Å². The van der Waals surface area contributed by atoms with Gasteiger partial charge in [0.1, 0.15) is 0 Å². The van der Waals surface area contributed by atoms with E-state index < -0.39 is 0 Å². The zero-order valence-electron chi connectivity index (χ0n) is 16.0. The standard InChI is InChI=1S/C23H28N2O/c1-15-6-4-5-7-19(15)18-9-8-17-10-11-25-14-21-16(2)26-24(3)22(21)13-23(25)20(17)12-18/h4-9,12,16,21-23H,10-11,13-14H2,1-3H3/t16-,21-,22-,23-/m0/s1. The van der Waals surface area contributed by atoms with Crippen molar-refractivity contribution < 1.29 is 4.84 Å². The van der Waals surface area contributed by atoms with Crippen LogP contribution in [0.5, 0.6) is 0 Å². The van der Waals surface area contributed by atoms with Crippen LogP contribution in [0.2, 0.25) is 0 Å². The van der Waals surface area contributed by atoms with Crippen LogP contribution in [-0.4, -0.2) is 42.2 Å². The lowest BCUT2D eigenvalue weighted by Crippen LogP contribution is -2.50. The highest BCUT2D eigenvalue weighted by Crippen LogP contribution is 2.44. The molecule has 4 atom stereocenters. The van der Waals surface area contributed by atoms with E-state index in [9.17, 15) is 0 Å². The van der Waals surface area contributed by atoms with Gasteiger partial charge in [0.2, 0.25) is 0 Å². The van der Waals surface area contributed by atoms with Crippen LogP contribution in [0.1, 0.15) is 36.1 Å². The molecule has 2 fully saturated rings. The Labute approximate surface area is 156 Å². The van der Waals surface area contributed by atoms with Gasteiger partial charge in [0.15, 0.2) is 0 Å². The second-order valence-electron chi connectivity index (χ2n) is 8.31. The molecule has 2 aromatic carbocycles. The molecule has 3 aliphatic heterocycles. The van der Waals surface area contributed by atoms with Gasteiger partial charge in [-0.1, -0.05) is 36.4 Å². The third-order valence-electron chi connectivity index (χ3n) is 6.88. The topological polar surface area (TPSA) is 15.7 Å². The molecular weight excluding hydrogens is 320 g/mol. The van der Waals surface area contributed by atoms with Crippen molar-refractivity contribution in [3.8, 4) is 11.1 Å². The van der Waals surface area contributed by atoms with Gasteiger partial charge in [-0.3, -0.25) is 9.74 Å². The number of hydrogen-bond donors (Lipinski definition) is 0. The molecule has 3 heteroatoms. The molecule has 0 amide bonds. The number of piperidine rings is 1. The highest BCUT2D eigenvalue weighted by Gasteiger charge is 2.47. The van der Waals surface area contributed by atoms with E-state index in [4.69, 9.17) is 4.84 Å². The molecule has 0 spiro atoms. The van der Waals surface area contributed by atoms with Crippen LogP contribution in [0, 0.1) is 12.8 Å². The summed E-state index contributed by atoms with van der Waals surface area (Å²) in [4.78, 5) is 8.73. The first-order valence-corrected chi connectivity index (χ1v) is 9.94. The molecule has 3 heterocycles. The summed E-state index contributed by atoms with van der Waals surface area (Å²) in [7, 11) is 2.12. The minimum atomic E-state index is 0.339. The number of hydroxylamine groups is 2. The van der Waals surface area contributed by atoms with Crippen molar-refractivity contribution in [1.82, 2.24) is 9.96 Å². The zero-order valence-corrected chi connectivity index (χ0v) is 16.0. The molecule has 5 rings (SSSR count). The minimum absolute atomic E-state index is 0.339. The molecule has 26 heavy (non-hydrogen) atoms. The normalized spacial score (nSPS) is 31.3. The van der Waals surface area contributed by atoms with Crippen LogP contribution in [-0.2, 0) is 11.3 Å². The molecule has 0 aliphatic carbocycles. The van der Waals surface area contributed by atoms with Gasteiger partial charge in [0.05, 0.1) is 6.10 Å². The third kappa shape index (κ3) is 2.53. The van der Waals surface area contributed by atoms with E-state index in [1.807, 2.05) is 0 Å². The molecule has 0 N–H and O–H groups in total. The van der Waals surface area contributed by atoms with E-state index >= 15 is 0 Å². The monoisotopic (exact) mass is 348 g/mol. The average Bonchev–Trinajstić information content (AvgIpc) is 2.93. The molecule has 2 saturated heterocycles. The van der Waals surface area contributed by atoms with Crippen molar-refractivity contribution in [3.63, 3.8) is 0 Å². The maximum Gasteiger partial charge on any atom is 0.0821 e. The maximum absolute atomic E-state index is 6.02. The Morgan fingerprint density at radius 2 is 1.96 bits per heavy atom. The van der Waals surface area contributed by atoms with E-state index in [0.29, 0.717) is 24.1 Å². The Hall–Kier alpha value is -1.68. The van der Waals surface area contributed by atoms with Crippen molar-refractivity contribution in [1.29, 1.82) is 0 Å². The smallest absolute Gasteiger partial charge is 0.0821 e. The van der Waals surface area contributed by atoms with E-state index in [0.717, 1.165) is 6.54 Å². The van der Waals surface area contributed by atoms with Crippen LogP contribution in [0.15, 0.2) is 42.5 Å². The summed E-state index contributed by atoms with van der Waals surface area (Å²) in [6, 6.07) is 16.9. The maximum atomic E-state index is 6.02. The quantitative estimate of drug-likeness (QED) is 0.768. The van der Waals surface area contributed by atoms with Gasteiger partial charge >= 0.3 is 0 Å². The SMILES string of the molecule is Cc1ccccc1-c1ccc2c(c1)[C@@H]1C[C@H]3[C@@H](CN1CC2)[C@H](C)ON3C. The van der Waals surface area contributed by atoms with Crippen LogP contribution >= 0.6 is 0 Å². The Kier molecular flexibility index (Phi) is 3.93. The molecule has 136 valence electrons. The van der Waals surface area contributed by atoms with Gasteiger partial charge in [-0.05, 0) is 60.6 Å². The van der Waals surface area contributed by atoms with Crippen molar-refractivity contribution in [2.24, 2.45) is 5.92 Å². The van der Waals surface area contributed by atoms with Crippen molar-refractivity contribution >= 4 is 0 Å². The molecule has 0 bridgehead atoms. The second kappa shape index (κ2) is 6.19. The largest absolute Gasteiger partial charge is 0.296 e. The lowest BCUT2D eigenvalue weighted by molar-refractivity contribution is -0.140. The van der Waals surface area contributed by atoms with Crippen molar-refractivity contribution in [2.75, 3.05) is 20.1 Å². The molecule has 0 aromatic heterocycles. The fraction of sp³-hybridized carbons (Fsp3) is 0.478. The van der Waals surface area contributed by atoms with Gasteiger partial charge in [-0.25, -0.2) is 0 Å². The summed E-state index contributed by atoms with van der Waals surface area (Å²) >= 11 is 0. The van der Waals surface area contributed by atoms with Crippen molar-refractivity contribution in [2.45, 2.75) is 44.9 Å². The minimum Gasteiger partial charge on any atom is -0.296 e. The molecule has 0 unspecified atom stereocenters. The fourth-order valence-electron chi connectivity index (χ4n) is 5.40. The van der Waals surface area contributed by atoms with Crippen molar-refractivity contribution in [3.05, 3.63) is 59.2 Å². The van der Waals surface area contributed by atoms with Crippen LogP contribution in [0.4, 0.5) is 0 Å². The Morgan fingerprint density at radius 3 is 2.81 bits per heavy atom. The first-order chi connectivity index (χ1) is 12.6. The van der Waals surface area contributed by atoms with Crippen LogP contribution < -0.4 is 0 Å². The molecule has 3 aliphatic rings. The fourth-order valence-corrected chi connectivity index (χ4v) is 5.40. The number of hydrogen-bond acceptors (Lipinski definition) is 3. The summed E-state index contributed by atoms with van der Waals surface area (Å²) < 4.78 is 0. The summed E-state index contributed by atoms with van der Waals surface area (Å²) in [6.45, 7) is 6.78. The first-order valence-electron chi connectivity index (χ1n) is 9.94. The zero-order chi connectivity index (χ0) is 17.8. The molecule has 0 radical (unpaired) electrons. The highest BCUT2D eigenvalue weighted by atomic mass is 16.7. The van der Waals surface area contributed by atoms with E-state index in [2.05, 4.69) is 73.3 Å². The predicted octanol–water partition coefficient (Wildman–Crippen LogP) is 4.22. The third-order valence-corrected chi connectivity index (χ3v) is 6.88. The van der Waals surface area contributed by atoms with Crippen LogP contribution in [0.25, 0.3) is 11.1 Å². The summed E-state index contributed by atoms with van der Waals surface area (Å²) in [5.74, 6) is 0.636. The Bertz CT molecular complexity index is 833. The number of fused-ring (bicyclic) bond motifs is 4. The highest BCUT2D eigenvalue weighted by molar-refractivity contribution is 5.68. The number of nitrogens with zero attached hydrogens (tertiary/aromatic N) is 2. The number of aryl methyl sites for hydroxylation is 1. The van der Waals surface area contributed by atoms with Gasteiger partial charge in [-0.15, -0.1) is 0 Å². The predicted molar refractivity (Wildman–Crippen MR) is 105 cm³/mol. The first kappa shape index (κ1) is 16.5. The van der Waals surface area contributed by atoms with Gasteiger partial charge in [-0.2, -0.15) is 5.06 Å². The Morgan fingerprint density at radius 1 is 1.12 bits per heavy atom. The van der Waals surface area contributed by atoms with Gasteiger partial charge < -0.3 is 0 Å². The number of rotatable bonds is 1. The number of benzene rings is 2. The van der Waals surface area contributed by atoms with E-state index in [-0.39, 0.29) is 0 Å². The Balaban J connectivity index is 1.52. The molecule has 0 saturated carbocycles. The summed E-state index contributed by atoms with van der Waals surface area (Å²) in [5, 5.41) is 2.13. The summed E-state index contributed by atoms with van der Waals surface area (Å²) in [5.41, 5.74) is 7.15. The average molecular weight is 348 g/mol. The molecular formula is C23H28N2O. The van der Waals surface area contributed by atoms with Gasteiger partial charge in [0, 0.05) is 38.1 Å². The summed E-state index contributed by atoms with van der Waals surface area (Å²) in [6.07, 6.45) is 2.68. The lowest BCUT2D eigenvalue weighted by Gasteiger charge is -2.46. The lowest BCUT2D eigenvalue weighted by atomic mass is 9.78. The second-order valence-corrected chi connectivity index (χ2v) is 8.31. The van der Waals surface area contributed by atoms with Gasteiger partial charge in [0.25, 0.3) is 0 Å². The van der Waals surface area contributed by atoms with E-state index in [1.54, 1.807) is 5.56 Å². The molecule has 2 aromatic rings. The molecule has 3 nitrogen and oxygen atoms in total.